The fourth-order valence-corrected chi connectivity index (χ4v) is 6.17. The molecule has 2 aliphatic rings. The number of sulfonamides is 1. The molecule has 178 valence electrons. The quantitative estimate of drug-likeness (QED) is 0.712. The first-order valence-corrected chi connectivity index (χ1v) is 12.4. The van der Waals surface area contributed by atoms with Gasteiger partial charge in [-0.15, -0.1) is 0 Å². The Kier molecular flexibility index (Phi) is 6.78. The van der Waals surface area contributed by atoms with Crippen molar-refractivity contribution in [3.05, 3.63) is 65.2 Å². The highest BCUT2D eigenvalue weighted by atomic mass is 32.2. The number of benzene rings is 2. The second-order valence-electron chi connectivity index (χ2n) is 8.39. The molecular formula is C23H26F3N3O3S. The highest BCUT2D eigenvalue weighted by Gasteiger charge is 2.39. The van der Waals surface area contributed by atoms with E-state index in [9.17, 15) is 26.4 Å². The number of nitrogens with zero attached hydrogens (tertiary/aromatic N) is 2. The average molecular weight is 482 g/mol. The van der Waals surface area contributed by atoms with E-state index in [-0.39, 0.29) is 44.7 Å². The van der Waals surface area contributed by atoms with Gasteiger partial charge in [0.15, 0.2) is 0 Å². The van der Waals surface area contributed by atoms with E-state index >= 15 is 0 Å². The van der Waals surface area contributed by atoms with E-state index in [4.69, 9.17) is 0 Å². The van der Waals surface area contributed by atoms with Gasteiger partial charge in [-0.25, -0.2) is 8.42 Å². The average Bonchev–Trinajstić information content (AvgIpc) is 2.79. The van der Waals surface area contributed by atoms with E-state index in [1.807, 2.05) is 23.1 Å². The van der Waals surface area contributed by atoms with Crippen molar-refractivity contribution >= 4 is 15.9 Å². The minimum absolute atomic E-state index is 0.0219. The van der Waals surface area contributed by atoms with Crippen molar-refractivity contribution < 1.29 is 26.4 Å². The lowest BCUT2D eigenvalue weighted by molar-refractivity contribution is -0.140. The van der Waals surface area contributed by atoms with E-state index in [1.54, 1.807) is 0 Å². The summed E-state index contributed by atoms with van der Waals surface area (Å²) in [5.74, 6) is -0.143. The molecule has 1 atom stereocenters. The van der Waals surface area contributed by atoms with Crippen LogP contribution >= 0.6 is 0 Å². The second-order valence-corrected chi connectivity index (χ2v) is 10.3. The van der Waals surface area contributed by atoms with Crippen LogP contribution in [0, 0.1) is 0 Å². The van der Waals surface area contributed by atoms with Gasteiger partial charge in [0.2, 0.25) is 15.9 Å². The Bertz CT molecular complexity index is 1110. The smallest absolute Gasteiger partial charge is 0.348 e. The zero-order chi connectivity index (χ0) is 23.6. The number of fused-ring (bicyclic) bond motifs is 1. The van der Waals surface area contributed by atoms with Gasteiger partial charge in [-0.3, -0.25) is 9.69 Å². The fraction of sp³-hybridized carbons (Fsp3) is 0.435. The van der Waals surface area contributed by atoms with Gasteiger partial charge in [-0.2, -0.15) is 17.5 Å². The van der Waals surface area contributed by atoms with Gasteiger partial charge in [0.05, 0.1) is 23.0 Å². The largest absolute Gasteiger partial charge is 0.417 e. The minimum atomic E-state index is -4.76. The predicted octanol–water partition coefficient (Wildman–Crippen LogP) is 3.21. The number of hydrogen-bond acceptors (Lipinski definition) is 4. The first kappa shape index (κ1) is 23.7. The Morgan fingerprint density at radius 2 is 1.67 bits per heavy atom. The number of rotatable bonds is 5. The van der Waals surface area contributed by atoms with Crippen molar-refractivity contribution in [1.29, 1.82) is 0 Å². The first-order valence-electron chi connectivity index (χ1n) is 10.9. The topological polar surface area (TPSA) is 69.7 Å². The van der Waals surface area contributed by atoms with E-state index in [0.29, 0.717) is 0 Å². The molecule has 1 aliphatic heterocycles. The Labute approximate surface area is 191 Å². The summed E-state index contributed by atoms with van der Waals surface area (Å²) < 4.78 is 66.7. The summed E-state index contributed by atoms with van der Waals surface area (Å²) in [5, 5.41) is 3.08. The van der Waals surface area contributed by atoms with Crippen LogP contribution in [0.2, 0.25) is 0 Å². The van der Waals surface area contributed by atoms with Gasteiger partial charge in [0.1, 0.15) is 0 Å². The Balaban J connectivity index is 1.36. The molecule has 4 rings (SSSR count). The maximum atomic E-state index is 13.3. The van der Waals surface area contributed by atoms with Gasteiger partial charge in [-0.05, 0) is 42.5 Å². The van der Waals surface area contributed by atoms with Crippen molar-refractivity contribution in [2.45, 2.75) is 36.4 Å². The number of piperazine rings is 1. The number of carbonyl (C=O) groups is 1. The highest BCUT2D eigenvalue weighted by Crippen LogP contribution is 2.35. The molecule has 33 heavy (non-hydrogen) atoms. The van der Waals surface area contributed by atoms with Crippen LogP contribution in [0.5, 0.6) is 0 Å². The van der Waals surface area contributed by atoms with Crippen LogP contribution in [-0.4, -0.2) is 56.3 Å². The van der Waals surface area contributed by atoms with Crippen molar-refractivity contribution in [2.75, 3.05) is 32.7 Å². The molecule has 2 aromatic carbocycles. The molecule has 0 unspecified atom stereocenters. The second kappa shape index (κ2) is 9.44. The Morgan fingerprint density at radius 3 is 2.39 bits per heavy atom. The third-order valence-electron chi connectivity index (χ3n) is 6.21. The lowest BCUT2D eigenvalue weighted by Gasteiger charge is -2.34. The summed E-state index contributed by atoms with van der Waals surface area (Å²) in [6.45, 7) is 0.692. The molecule has 0 spiro atoms. The van der Waals surface area contributed by atoms with E-state index in [1.165, 1.54) is 17.7 Å². The molecule has 0 radical (unpaired) electrons. The van der Waals surface area contributed by atoms with Crippen molar-refractivity contribution in [1.82, 2.24) is 14.5 Å². The molecule has 0 saturated carbocycles. The van der Waals surface area contributed by atoms with E-state index in [0.717, 1.165) is 41.3 Å². The first-order chi connectivity index (χ1) is 15.7. The highest BCUT2D eigenvalue weighted by molar-refractivity contribution is 7.89. The van der Waals surface area contributed by atoms with Crippen LogP contribution in [0.25, 0.3) is 0 Å². The van der Waals surface area contributed by atoms with Gasteiger partial charge >= 0.3 is 6.18 Å². The number of halogens is 3. The molecule has 0 aromatic heterocycles. The van der Waals surface area contributed by atoms with Gasteiger partial charge in [0.25, 0.3) is 0 Å². The number of nitrogens with one attached hydrogen (secondary N) is 1. The summed E-state index contributed by atoms with van der Waals surface area (Å²) >= 11 is 0. The van der Waals surface area contributed by atoms with Crippen LogP contribution in [0.15, 0.2) is 53.4 Å². The van der Waals surface area contributed by atoms with Crippen LogP contribution in [0.3, 0.4) is 0 Å². The van der Waals surface area contributed by atoms with Crippen LogP contribution in [0.4, 0.5) is 13.2 Å². The van der Waals surface area contributed by atoms with Gasteiger partial charge in [0, 0.05) is 26.2 Å². The fourth-order valence-electron chi connectivity index (χ4n) is 4.54. The summed E-state index contributed by atoms with van der Waals surface area (Å²) in [7, 11) is -4.30. The third-order valence-corrected chi connectivity index (χ3v) is 8.17. The monoisotopic (exact) mass is 481 g/mol. The van der Waals surface area contributed by atoms with Crippen LogP contribution in [0.1, 0.15) is 35.6 Å². The van der Waals surface area contributed by atoms with E-state index < -0.39 is 26.7 Å². The maximum absolute atomic E-state index is 13.3. The standard InChI is InChI=1S/C23H26F3N3O3S/c24-23(25,26)19-9-3-4-11-21(19)33(31,32)29-14-12-28(13-15-29)16-22(30)27-20-10-5-7-17-6-1-2-8-18(17)20/h1-4,6,8-9,11,20H,5,7,10,12-16H2,(H,27,30)/t20-/m0/s1. The predicted molar refractivity (Wildman–Crippen MR) is 117 cm³/mol. The lowest BCUT2D eigenvalue weighted by atomic mass is 9.88. The minimum Gasteiger partial charge on any atom is -0.348 e. The summed E-state index contributed by atoms with van der Waals surface area (Å²) in [6, 6.07) is 12.2. The number of carbonyl (C=O) groups excluding carboxylic acids is 1. The molecule has 1 heterocycles. The van der Waals surface area contributed by atoms with Crippen LogP contribution < -0.4 is 5.32 Å². The number of amides is 1. The molecule has 1 amide bonds. The Hall–Kier alpha value is -2.43. The summed E-state index contributed by atoms with van der Waals surface area (Å²) in [5.41, 5.74) is 1.21. The molecule has 1 saturated heterocycles. The number of hydrogen-bond donors (Lipinski definition) is 1. The third kappa shape index (κ3) is 5.23. The molecule has 10 heteroatoms. The Morgan fingerprint density at radius 1 is 1.00 bits per heavy atom. The van der Waals surface area contributed by atoms with Crippen LogP contribution in [-0.2, 0) is 27.4 Å². The number of alkyl halides is 3. The van der Waals surface area contributed by atoms with E-state index in [2.05, 4.69) is 11.4 Å². The molecule has 6 nitrogen and oxygen atoms in total. The van der Waals surface area contributed by atoms with Crippen molar-refractivity contribution in [3.63, 3.8) is 0 Å². The lowest BCUT2D eigenvalue weighted by Crippen LogP contribution is -2.51. The normalized spacial score (nSPS) is 20.3. The summed E-state index contributed by atoms with van der Waals surface area (Å²) in [6.07, 6.45) is -1.90. The zero-order valence-corrected chi connectivity index (χ0v) is 18.8. The molecule has 1 aliphatic carbocycles. The zero-order valence-electron chi connectivity index (χ0n) is 18.0. The molecular weight excluding hydrogens is 455 g/mol. The van der Waals surface area contributed by atoms with Gasteiger partial charge < -0.3 is 5.32 Å². The van der Waals surface area contributed by atoms with Crippen molar-refractivity contribution in [3.8, 4) is 0 Å². The maximum Gasteiger partial charge on any atom is 0.417 e. The SMILES string of the molecule is O=C(CN1CCN(S(=O)(=O)c2ccccc2C(F)(F)F)CC1)N[C@H]1CCCc2ccccc21. The van der Waals surface area contributed by atoms with Crippen molar-refractivity contribution in [2.24, 2.45) is 0 Å². The molecule has 2 aromatic rings. The number of aryl methyl sites for hydroxylation is 1. The summed E-state index contributed by atoms with van der Waals surface area (Å²) in [4.78, 5) is 13.7. The molecule has 0 bridgehead atoms. The molecule has 1 N–H and O–H groups in total. The molecule has 1 fully saturated rings. The van der Waals surface area contributed by atoms with Gasteiger partial charge in [-0.1, -0.05) is 36.4 Å².